The minimum atomic E-state index is -0.301. The number of rotatable bonds is 5. The second-order valence-corrected chi connectivity index (χ2v) is 4.45. The average molecular weight is 213 g/mol. The van der Waals surface area contributed by atoms with Crippen molar-refractivity contribution >= 4 is 5.91 Å². The van der Waals surface area contributed by atoms with Gasteiger partial charge in [0.25, 0.3) is 5.91 Å². The monoisotopic (exact) mass is 213 g/mol. The maximum Gasteiger partial charge on any atom is 0.251 e. The number of aliphatic hydroxyl groups is 1. The first-order chi connectivity index (χ1) is 7.31. The summed E-state index contributed by atoms with van der Waals surface area (Å²) in [7, 11) is 0. The van der Waals surface area contributed by atoms with E-state index in [0.29, 0.717) is 19.4 Å². The Morgan fingerprint density at radius 1 is 1.47 bits per heavy atom. The summed E-state index contributed by atoms with van der Waals surface area (Å²) in [5.74, 6) is 0.868. The van der Waals surface area contributed by atoms with Gasteiger partial charge in [0.05, 0.1) is 6.61 Å². The van der Waals surface area contributed by atoms with Crippen LogP contribution in [0.3, 0.4) is 0 Å². The third-order valence-corrected chi connectivity index (χ3v) is 3.07. The fraction of sp³-hybridized carbons (Fsp3) is 0.909. The smallest absolute Gasteiger partial charge is 0.251 e. The maximum absolute atomic E-state index is 11.9. The molecule has 1 N–H and O–H groups in total. The molecule has 0 radical (unpaired) electrons. The molecule has 15 heavy (non-hydrogen) atoms. The van der Waals surface area contributed by atoms with E-state index in [1.54, 1.807) is 0 Å². The molecule has 1 unspecified atom stereocenters. The summed E-state index contributed by atoms with van der Waals surface area (Å²) >= 11 is 0. The molecule has 86 valence electrons. The zero-order chi connectivity index (χ0) is 10.7. The number of aliphatic hydroxyl groups excluding tert-OH is 1. The van der Waals surface area contributed by atoms with Crippen molar-refractivity contribution in [1.82, 2.24) is 4.90 Å². The van der Waals surface area contributed by atoms with Gasteiger partial charge in [-0.25, -0.2) is 0 Å². The van der Waals surface area contributed by atoms with Crippen molar-refractivity contribution in [3.05, 3.63) is 0 Å². The van der Waals surface area contributed by atoms with Crippen LogP contribution in [0.2, 0.25) is 0 Å². The molecule has 1 aliphatic heterocycles. The van der Waals surface area contributed by atoms with Gasteiger partial charge in [-0.2, -0.15) is 0 Å². The minimum absolute atomic E-state index is 0.126. The lowest BCUT2D eigenvalue weighted by Crippen LogP contribution is -2.48. The highest BCUT2D eigenvalue weighted by Crippen LogP contribution is 2.30. The predicted molar refractivity (Wildman–Crippen MR) is 55.4 cm³/mol. The third-order valence-electron chi connectivity index (χ3n) is 3.07. The molecule has 2 rings (SSSR count). The summed E-state index contributed by atoms with van der Waals surface area (Å²) in [6.07, 6.45) is 3.53. The van der Waals surface area contributed by atoms with Crippen LogP contribution in [0.1, 0.15) is 25.7 Å². The van der Waals surface area contributed by atoms with E-state index in [0.717, 1.165) is 19.0 Å². The highest BCUT2D eigenvalue weighted by molar-refractivity contribution is 5.81. The molecule has 0 aromatic heterocycles. The Hall–Kier alpha value is -0.610. The van der Waals surface area contributed by atoms with Crippen LogP contribution < -0.4 is 0 Å². The zero-order valence-electron chi connectivity index (χ0n) is 9.02. The topological polar surface area (TPSA) is 49.8 Å². The van der Waals surface area contributed by atoms with E-state index in [2.05, 4.69) is 0 Å². The Labute approximate surface area is 90.2 Å². The number of hydrogen-bond acceptors (Lipinski definition) is 3. The van der Waals surface area contributed by atoms with Crippen LogP contribution in [0.15, 0.2) is 0 Å². The van der Waals surface area contributed by atoms with E-state index in [-0.39, 0.29) is 18.6 Å². The van der Waals surface area contributed by atoms with Gasteiger partial charge in [0, 0.05) is 19.7 Å². The highest BCUT2D eigenvalue weighted by Gasteiger charge is 2.33. The molecule has 4 nitrogen and oxygen atoms in total. The van der Waals surface area contributed by atoms with Crippen molar-refractivity contribution in [3.63, 3.8) is 0 Å². The molecule has 2 aliphatic rings. The molecule has 4 heteroatoms. The molecular weight excluding hydrogens is 194 g/mol. The summed E-state index contributed by atoms with van der Waals surface area (Å²) in [6, 6.07) is 0. The number of morpholine rings is 1. The van der Waals surface area contributed by atoms with Gasteiger partial charge in [-0.3, -0.25) is 4.79 Å². The van der Waals surface area contributed by atoms with E-state index >= 15 is 0 Å². The normalized spacial score (nSPS) is 27.1. The molecule has 1 heterocycles. The molecule has 1 aliphatic carbocycles. The summed E-state index contributed by atoms with van der Waals surface area (Å²) in [5.41, 5.74) is 0. The van der Waals surface area contributed by atoms with E-state index in [1.807, 2.05) is 4.90 Å². The lowest BCUT2D eigenvalue weighted by molar-refractivity contribution is -0.153. The Morgan fingerprint density at radius 2 is 2.27 bits per heavy atom. The molecule has 1 saturated carbocycles. The Balaban J connectivity index is 1.81. The van der Waals surface area contributed by atoms with Crippen molar-refractivity contribution in [2.75, 3.05) is 26.3 Å². The number of ether oxygens (including phenoxy) is 1. The summed E-state index contributed by atoms with van der Waals surface area (Å²) in [5, 5.41) is 8.72. The second kappa shape index (κ2) is 4.94. The van der Waals surface area contributed by atoms with Gasteiger partial charge in [-0.15, -0.1) is 0 Å². The maximum atomic E-state index is 11.9. The van der Waals surface area contributed by atoms with Gasteiger partial charge in [-0.1, -0.05) is 0 Å². The number of nitrogens with zero attached hydrogens (tertiary/aromatic N) is 1. The molecule has 0 aromatic rings. The van der Waals surface area contributed by atoms with Gasteiger partial charge >= 0.3 is 0 Å². The molecular formula is C11H19NO3. The quantitative estimate of drug-likeness (QED) is 0.719. The second-order valence-electron chi connectivity index (χ2n) is 4.45. The van der Waals surface area contributed by atoms with Crippen LogP contribution in [0.5, 0.6) is 0 Å². The summed E-state index contributed by atoms with van der Waals surface area (Å²) in [6.45, 7) is 2.44. The number of carbonyl (C=O) groups is 1. The van der Waals surface area contributed by atoms with Crippen molar-refractivity contribution < 1.29 is 14.6 Å². The fourth-order valence-electron chi connectivity index (χ4n) is 1.97. The van der Waals surface area contributed by atoms with Gasteiger partial charge in [0.2, 0.25) is 0 Å². The van der Waals surface area contributed by atoms with Gasteiger partial charge in [0.1, 0.15) is 6.10 Å². The van der Waals surface area contributed by atoms with Gasteiger partial charge in [-0.05, 0) is 31.6 Å². The van der Waals surface area contributed by atoms with Gasteiger partial charge < -0.3 is 14.7 Å². The van der Waals surface area contributed by atoms with E-state index < -0.39 is 0 Å². The average Bonchev–Trinajstić information content (AvgIpc) is 3.03. The Bertz CT molecular complexity index is 228. The molecule has 1 atom stereocenters. The fourth-order valence-corrected chi connectivity index (χ4v) is 1.97. The first-order valence-electron chi connectivity index (χ1n) is 5.82. The minimum Gasteiger partial charge on any atom is -0.396 e. The Kier molecular flexibility index (Phi) is 3.59. The SMILES string of the molecule is O=C1C(CCCO)OCCN1CC1CC1. The predicted octanol–water partition coefficient (Wildman–Crippen LogP) is 0.396. The van der Waals surface area contributed by atoms with Crippen LogP contribution in [0, 0.1) is 5.92 Å². The van der Waals surface area contributed by atoms with E-state index in [9.17, 15) is 4.79 Å². The summed E-state index contributed by atoms with van der Waals surface area (Å²) < 4.78 is 5.42. The molecule has 1 saturated heterocycles. The number of hydrogen-bond donors (Lipinski definition) is 1. The number of amides is 1. The van der Waals surface area contributed by atoms with Crippen LogP contribution in [0.25, 0.3) is 0 Å². The first kappa shape index (κ1) is 10.9. The van der Waals surface area contributed by atoms with Crippen LogP contribution in [0.4, 0.5) is 0 Å². The standard InChI is InChI=1S/C11H19NO3/c13-6-1-2-10-11(14)12(5-7-15-10)8-9-3-4-9/h9-10,13H,1-8H2. The van der Waals surface area contributed by atoms with Crippen LogP contribution in [-0.2, 0) is 9.53 Å². The Morgan fingerprint density at radius 3 is 2.93 bits per heavy atom. The lowest BCUT2D eigenvalue weighted by atomic mass is 10.1. The van der Waals surface area contributed by atoms with Crippen molar-refractivity contribution in [2.45, 2.75) is 31.8 Å². The molecule has 0 bridgehead atoms. The van der Waals surface area contributed by atoms with Crippen molar-refractivity contribution in [3.8, 4) is 0 Å². The van der Waals surface area contributed by atoms with Crippen molar-refractivity contribution in [1.29, 1.82) is 0 Å². The number of carbonyl (C=O) groups excluding carboxylic acids is 1. The van der Waals surface area contributed by atoms with Crippen molar-refractivity contribution in [2.24, 2.45) is 5.92 Å². The van der Waals surface area contributed by atoms with E-state index in [4.69, 9.17) is 9.84 Å². The third kappa shape index (κ3) is 2.92. The molecule has 0 spiro atoms. The largest absolute Gasteiger partial charge is 0.396 e. The zero-order valence-corrected chi connectivity index (χ0v) is 9.02. The van der Waals surface area contributed by atoms with Crippen LogP contribution >= 0.6 is 0 Å². The lowest BCUT2D eigenvalue weighted by Gasteiger charge is -2.32. The van der Waals surface area contributed by atoms with Crippen LogP contribution in [-0.4, -0.2) is 48.3 Å². The van der Waals surface area contributed by atoms with E-state index in [1.165, 1.54) is 12.8 Å². The van der Waals surface area contributed by atoms with Gasteiger partial charge in [0.15, 0.2) is 0 Å². The highest BCUT2D eigenvalue weighted by atomic mass is 16.5. The summed E-state index contributed by atoms with van der Waals surface area (Å²) in [4.78, 5) is 13.8. The molecule has 2 fully saturated rings. The first-order valence-corrected chi connectivity index (χ1v) is 5.82. The molecule has 1 amide bonds. The molecule has 0 aromatic carbocycles.